The fourth-order valence-electron chi connectivity index (χ4n) is 5.26. The Morgan fingerprint density at radius 1 is 1.17 bits per heavy atom. The number of amides is 2. The number of carbonyl (C=O) groups is 2. The van der Waals surface area contributed by atoms with E-state index in [4.69, 9.17) is 9.47 Å². The van der Waals surface area contributed by atoms with Crippen LogP contribution in [0, 0.1) is 0 Å². The number of hydrogen-bond donors (Lipinski definition) is 0. The predicted molar refractivity (Wildman–Crippen MR) is 141 cm³/mol. The minimum atomic E-state index is -0.217. The molecule has 1 saturated carbocycles. The highest BCUT2D eigenvalue weighted by atomic mass is 79.9. The molecule has 3 fully saturated rings. The molecule has 1 aliphatic carbocycles. The Morgan fingerprint density at radius 2 is 1.97 bits per heavy atom. The summed E-state index contributed by atoms with van der Waals surface area (Å²) in [6.07, 6.45) is 7.31. The molecule has 2 aliphatic heterocycles. The van der Waals surface area contributed by atoms with Gasteiger partial charge in [-0.25, -0.2) is 4.98 Å². The first-order valence-electron chi connectivity index (χ1n) is 12.5. The van der Waals surface area contributed by atoms with Crippen molar-refractivity contribution in [1.82, 2.24) is 14.8 Å². The van der Waals surface area contributed by atoms with Gasteiger partial charge in [0.25, 0.3) is 5.91 Å². The molecule has 8 nitrogen and oxygen atoms in total. The first kappa shape index (κ1) is 24.6. The van der Waals surface area contributed by atoms with E-state index in [2.05, 4.69) is 25.8 Å². The first-order chi connectivity index (χ1) is 17.5. The average Bonchev–Trinajstić information content (AvgIpc) is 2.91. The summed E-state index contributed by atoms with van der Waals surface area (Å²) in [4.78, 5) is 37.1. The van der Waals surface area contributed by atoms with Crippen molar-refractivity contribution >= 4 is 39.6 Å². The van der Waals surface area contributed by atoms with Crippen molar-refractivity contribution in [2.24, 2.45) is 0 Å². The summed E-state index contributed by atoms with van der Waals surface area (Å²) in [5.74, 6) is 1.71. The third kappa shape index (κ3) is 5.21. The van der Waals surface area contributed by atoms with Crippen molar-refractivity contribution in [2.45, 2.75) is 37.8 Å². The van der Waals surface area contributed by atoms with E-state index in [-0.39, 0.29) is 30.5 Å². The number of anilines is 1. The highest BCUT2D eigenvalue weighted by Gasteiger charge is 2.42. The largest absolute Gasteiger partial charge is 0.496 e. The lowest BCUT2D eigenvalue weighted by Gasteiger charge is -2.45. The van der Waals surface area contributed by atoms with Crippen LogP contribution in [0.1, 0.15) is 31.2 Å². The monoisotopic (exact) mass is 554 g/mol. The van der Waals surface area contributed by atoms with Gasteiger partial charge in [0, 0.05) is 32.4 Å². The zero-order valence-corrected chi connectivity index (χ0v) is 22.0. The molecule has 1 aromatic carbocycles. The van der Waals surface area contributed by atoms with Crippen LogP contribution < -0.4 is 9.64 Å². The number of fused-ring (bicyclic) bond motifs is 1. The molecule has 0 N–H and O–H groups in total. The summed E-state index contributed by atoms with van der Waals surface area (Å²) in [5.41, 5.74) is 0.831. The van der Waals surface area contributed by atoms with Crippen LogP contribution in [-0.4, -0.2) is 78.6 Å². The van der Waals surface area contributed by atoms with Crippen LogP contribution in [0.3, 0.4) is 0 Å². The summed E-state index contributed by atoms with van der Waals surface area (Å²) < 4.78 is 12.3. The number of nitrogens with zero attached hydrogens (tertiary/aromatic N) is 4. The Hall–Kier alpha value is -3.07. The molecule has 9 heteroatoms. The van der Waals surface area contributed by atoms with Crippen molar-refractivity contribution in [3.8, 4) is 5.75 Å². The van der Waals surface area contributed by atoms with Gasteiger partial charge in [-0.3, -0.25) is 9.59 Å². The minimum Gasteiger partial charge on any atom is -0.496 e. The maximum Gasteiger partial charge on any atom is 0.289 e. The highest BCUT2D eigenvalue weighted by molar-refractivity contribution is 9.10. The van der Waals surface area contributed by atoms with Gasteiger partial charge < -0.3 is 24.2 Å². The van der Waals surface area contributed by atoms with Crippen molar-refractivity contribution < 1.29 is 19.1 Å². The molecule has 3 heterocycles. The molecular weight excluding hydrogens is 524 g/mol. The third-order valence-corrected chi connectivity index (χ3v) is 7.82. The maximum absolute atomic E-state index is 13.6. The van der Waals surface area contributed by atoms with Crippen LogP contribution in [-0.2, 0) is 14.3 Å². The number of rotatable bonds is 5. The molecule has 2 saturated heterocycles. The lowest BCUT2D eigenvalue weighted by molar-refractivity contribution is -0.154. The van der Waals surface area contributed by atoms with Gasteiger partial charge in [0.2, 0.25) is 5.91 Å². The van der Waals surface area contributed by atoms with E-state index < -0.39 is 0 Å². The number of benzene rings is 1. The Balaban J connectivity index is 1.29. The van der Waals surface area contributed by atoms with E-state index in [1.165, 1.54) is 0 Å². The average molecular weight is 555 g/mol. The lowest BCUT2D eigenvalue weighted by atomic mass is 9.89. The first-order valence-corrected chi connectivity index (χ1v) is 13.3. The number of aromatic nitrogens is 1. The van der Waals surface area contributed by atoms with Crippen molar-refractivity contribution in [3.63, 3.8) is 0 Å². The van der Waals surface area contributed by atoms with Gasteiger partial charge in [-0.2, -0.15) is 0 Å². The van der Waals surface area contributed by atoms with Gasteiger partial charge >= 0.3 is 0 Å². The van der Waals surface area contributed by atoms with Gasteiger partial charge in [-0.1, -0.05) is 18.6 Å². The smallest absolute Gasteiger partial charge is 0.289 e. The van der Waals surface area contributed by atoms with Gasteiger partial charge in [-0.15, -0.1) is 0 Å². The summed E-state index contributed by atoms with van der Waals surface area (Å²) in [6.45, 7) is 2.76. The molecule has 0 radical (unpaired) electrons. The predicted octanol–water partition coefficient (Wildman–Crippen LogP) is 3.71. The molecule has 190 valence electrons. The topological polar surface area (TPSA) is 75.2 Å². The SMILES string of the molecule is COc1ccc(/C=C2\OC3CCCCC3N(CC(=O)N3CCN(c4ccccn4)CC3)C2=O)cc1Br. The van der Waals surface area contributed by atoms with E-state index in [9.17, 15) is 9.59 Å². The van der Waals surface area contributed by atoms with Gasteiger partial charge in [0.05, 0.1) is 17.6 Å². The molecule has 2 unspecified atom stereocenters. The van der Waals surface area contributed by atoms with E-state index in [1.807, 2.05) is 41.3 Å². The van der Waals surface area contributed by atoms with Gasteiger partial charge in [0.15, 0.2) is 5.76 Å². The molecule has 3 aliphatic rings. The second-order valence-corrected chi connectivity index (χ2v) is 10.3. The minimum absolute atomic E-state index is 0.0122. The van der Waals surface area contributed by atoms with E-state index in [1.54, 1.807) is 24.3 Å². The maximum atomic E-state index is 13.6. The Kier molecular flexibility index (Phi) is 7.46. The van der Waals surface area contributed by atoms with E-state index in [0.717, 1.165) is 60.4 Å². The van der Waals surface area contributed by atoms with Gasteiger partial charge in [-0.05, 0) is 71.1 Å². The fraction of sp³-hybridized carbons (Fsp3) is 0.444. The molecule has 2 atom stereocenters. The van der Waals surface area contributed by atoms with E-state index in [0.29, 0.717) is 18.8 Å². The number of carbonyl (C=O) groups excluding carboxylic acids is 2. The van der Waals surface area contributed by atoms with Crippen LogP contribution >= 0.6 is 15.9 Å². The fourth-order valence-corrected chi connectivity index (χ4v) is 5.82. The van der Waals surface area contributed by atoms with Crippen molar-refractivity contribution in [3.05, 3.63) is 58.4 Å². The number of halogens is 1. The van der Waals surface area contributed by atoms with E-state index >= 15 is 0 Å². The van der Waals surface area contributed by atoms with Crippen LogP contribution in [0.2, 0.25) is 0 Å². The van der Waals surface area contributed by atoms with Gasteiger partial charge in [0.1, 0.15) is 24.2 Å². The zero-order chi connectivity index (χ0) is 25.1. The zero-order valence-electron chi connectivity index (χ0n) is 20.4. The molecule has 0 spiro atoms. The molecule has 1 aromatic heterocycles. The Morgan fingerprint density at radius 3 is 2.69 bits per heavy atom. The molecule has 36 heavy (non-hydrogen) atoms. The molecule has 0 bridgehead atoms. The second-order valence-electron chi connectivity index (χ2n) is 9.40. The number of hydrogen-bond acceptors (Lipinski definition) is 6. The number of pyridine rings is 1. The number of ether oxygens (including phenoxy) is 2. The Labute approximate surface area is 220 Å². The van der Waals surface area contributed by atoms with Crippen LogP contribution in [0.25, 0.3) is 6.08 Å². The quantitative estimate of drug-likeness (QED) is 0.524. The van der Waals surface area contributed by atoms with Crippen molar-refractivity contribution in [2.75, 3.05) is 44.7 Å². The van der Waals surface area contributed by atoms with Crippen LogP contribution in [0.5, 0.6) is 5.75 Å². The molecule has 2 aromatic rings. The number of morpholine rings is 1. The summed E-state index contributed by atoms with van der Waals surface area (Å²) in [6, 6.07) is 11.4. The summed E-state index contributed by atoms with van der Waals surface area (Å²) in [7, 11) is 1.61. The normalized spacial score (nSPS) is 23.3. The van der Waals surface area contributed by atoms with Crippen LogP contribution in [0.15, 0.2) is 52.8 Å². The van der Waals surface area contributed by atoms with Crippen molar-refractivity contribution in [1.29, 1.82) is 0 Å². The second kappa shape index (κ2) is 10.9. The molecule has 5 rings (SSSR count). The number of piperazine rings is 1. The third-order valence-electron chi connectivity index (χ3n) is 7.20. The number of methoxy groups -OCH3 is 1. The summed E-state index contributed by atoms with van der Waals surface area (Å²) >= 11 is 3.50. The highest BCUT2D eigenvalue weighted by Crippen LogP contribution is 2.34. The standard InChI is InChI=1S/C27H31BrN4O4/c1-35-22-10-9-19(16-20(22)28)17-24-27(34)32(21-6-2-3-7-23(21)36-24)18-26(33)31-14-12-30(13-15-31)25-8-4-5-11-29-25/h4-5,8-11,16-17,21,23H,2-3,6-7,12-15,18H2,1H3/b24-17-. The summed E-state index contributed by atoms with van der Waals surface area (Å²) in [5, 5.41) is 0. The molecular formula is C27H31BrN4O4. The Bertz CT molecular complexity index is 1130. The molecule has 2 amide bonds. The lowest BCUT2D eigenvalue weighted by Crippen LogP contribution is -2.58. The van der Waals surface area contributed by atoms with Crippen LogP contribution in [0.4, 0.5) is 5.82 Å².